The van der Waals surface area contributed by atoms with Gasteiger partial charge in [0.05, 0.1) is 11.3 Å². The highest BCUT2D eigenvalue weighted by atomic mass is 19.4. The van der Waals surface area contributed by atoms with Crippen LogP contribution in [0.1, 0.15) is 15.9 Å². The van der Waals surface area contributed by atoms with Crippen LogP contribution in [0.3, 0.4) is 0 Å². The summed E-state index contributed by atoms with van der Waals surface area (Å²) in [6.45, 7) is -0.478. The summed E-state index contributed by atoms with van der Waals surface area (Å²) in [5.41, 5.74) is -0.906. The number of anilines is 1. The Kier molecular flexibility index (Phi) is 5.00. The fourth-order valence-corrected chi connectivity index (χ4v) is 1.85. The van der Waals surface area contributed by atoms with Crippen molar-refractivity contribution in [3.63, 3.8) is 0 Å². The summed E-state index contributed by atoms with van der Waals surface area (Å²) in [6, 6.07) is 10.7. The SMILES string of the molecule is O=Cc1cccc(OCC(=O)Nc2ccccc2C(F)(F)F)c1. The molecule has 7 heteroatoms. The molecular weight excluding hydrogens is 311 g/mol. The standard InChI is InChI=1S/C16H12F3NO3/c17-16(18,19)13-6-1-2-7-14(13)20-15(22)10-23-12-5-3-4-11(8-12)9-21/h1-9H,10H2,(H,20,22). The number of rotatable bonds is 5. The molecule has 120 valence electrons. The largest absolute Gasteiger partial charge is 0.484 e. The van der Waals surface area contributed by atoms with Gasteiger partial charge in [-0.15, -0.1) is 0 Å². The molecule has 2 rings (SSSR count). The number of hydrogen-bond donors (Lipinski definition) is 1. The van der Waals surface area contributed by atoms with Crippen LogP contribution in [-0.2, 0) is 11.0 Å². The molecule has 2 aromatic carbocycles. The zero-order valence-corrected chi connectivity index (χ0v) is 11.8. The lowest BCUT2D eigenvalue weighted by Gasteiger charge is -2.13. The lowest BCUT2D eigenvalue weighted by Crippen LogP contribution is -2.22. The van der Waals surface area contributed by atoms with Gasteiger partial charge >= 0.3 is 6.18 Å². The van der Waals surface area contributed by atoms with Gasteiger partial charge in [-0.1, -0.05) is 24.3 Å². The minimum Gasteiger partial charge on any atom is -0.484 e. The van der Waals surface area contributed by atoms with Gasteiger partial charge in [0.1, 0.15) is 12.0 Å². The van der Waals surface area contributed by atoms with E-state index in [9.17, 15) is 22.8 Å². The molecule has 0 radical (unpaired) electrons. The minimum atomic E-state index is -4.57. The molecule has 1 amide bonds. The number of hydrogen-bond acceptors (Lipinski definition) is 3. The average Bonchev–Trinajstić information content (AvgIpc) is 2.52. The summed E-state index contributed by atoms with van der Waals surface area (Å²) >= 11 is 0. The maximum atomic E-state index is 12.8. The zero-order chi connectivity index (χ0) is 16.9. The molecule has 0 atom stereocenters. The summed E-state index contributed by atoms with van der Waals surface area (Å²) in [5.74, 6) is -0.466. The first-order valence-electron chi connectivity index (χ1n) is 6.54. The van der Waals surface area contributed by atoms with E-state index in [-0.39, 0.29) is 11.4 Å². The fraction of sp³-hybridized carbons (Fsp3) is 0.125. The number of halogens is 3. The number of alkyl halides is 3. The van der Waals surface area contributed by atoms with Crippen molar-refractivity contribution in [1.29, 1.82) is 0 Å². The molecule has 0 unspecified atom stereocenters. The second-order valence-corrected chi connectivity index (χ2v) is 4.57. The molecule has 0 spiro atoms. The van der Waals surface area contributed by atoms with Crippen LogP contribution in [0.25, 0.3) is 0 Å². The average molecular weight is 323 g/mol. The molecular formula is C16H12F3NO3. The molecule has 0 bridgehead atoms. The third-order valence-corrected chi connectivity index (χ3v) is 2.87. The Morgan fingerprint density at radius 3 is 2.57 bits per heavy atom. The van der Waals surface area contributed by atoms with Crippen molar-refractivity contribution < 1.29 is 27.5 Å². The van der Waals surface area contributed by atoms with Gasteiger partial charge in [-0.3, -0.25) is 9.59 Å². The van der Waals surface area contributed by atoms with Gasteiger partial charge < -0.3 is 10.1 Å². The fourth-order valence-electron chi connectivity index (χ4n) is 1.85. The van der Waals surface area contributed by atoms with Gasteiger partial charge in [0, 0.05) is 5.56 Å². The summed E-state index contributed by atoms with van der Waals surface area (Å²) in [5, 5.41) is 2.16. The van der Waals surface area contributed by atoms with Crippen LogP contribution >= 0.6 is 0 Å². The molecule has 0 saturated heterocycles. The Morgan fingerprint density at radius 1 is 1.13 bits per heavy atom. The summed E-state index contributed by atoms with van der Waals surface area (Å²) in [6.07, 6.45) is -3.95. The minimum absolute atomic E-state index is 0.272. The Labute approximate surface area is 129 Å². The number of para-hydroxylation sites is 1. The van der Waals surface area contributed by atoms with Crippen LogP contribution in [0, 0.1) is 0 Å². The number of amides is 1. The van der Waals surface area contributed by atoms with Crippen molar-refractivity contribution in [2.24, 2.45) is 0 Å². The second-order valence-electron chi connectivity index (χ2n) is 4.57. The van der Waals surface area contributed by atoms with E-state index in [1.54, 1.807) is 12.1 Å². The molecule has 1 N–H and O–H groups in total. The van der Waals surface area contributed by atoms with Crippen LogP contribution in [0.2, 0.25) is 0 Å². The van der Waals surface area contributed by atoms with E-state index in [2.05, 4.69) is 5.32 Å². The normalized spacial score (nSPS) is 10.9. The van der Waals surface area contributed by atoms with Crippen LogP contribution < -0.4 is 10.1 Å². The first-order chi connectivity index (χ1) is 10.9. The van der Waals surface area contributed by atoms with E-state index in [0.717, 1.165) is 12.1 Å². The van der Waals surface area contributed by atoms with E-state index >= 15 is 0 Å². The van der Waals surface area contributed by atoms with Crippen LogP contribution in [-0.4, -0.2) is 18.8 Å². The van der Waals surface area contributed by atoms with E-state index in [1.165, 1.54) is 24.3 Å². The predicted molar refractivity (Wildman–Crippen MR) is 77.4 cm³/mol. The van der Waals surface area contributed by atoms with Crippen molar-refractivity contribution in [3.05, 3.63) is 59.7 Å². The molecule has 0 aliphatic rings. The van der Waals surface area contributed by atoms with E-state index < -0.39 is 24.3 Å². The molecule has 0 aliphatic heterocycles. The third kappa shape index (κ3) is 4.57. The van der Waals surface area contributed by atoms with Crippen molar-refractivity contribution >= 4 is 17.9 Å². The van der Waals surface area contributed by atoms with Crippen molar-refractivity contribution in [2.45, 2.75) is 6.18 Å². The number of carbonyl (C=O) groups is 2. The summed E-state index contributed by atoms with van der Waals surface area (Å²) in [4.78, 5) is 22.4. The van der Waals surface area contributed by atoms with Crippen LogP contribution in [0.5, 0.6) is 5.75 Å². The molecule has 0 aromatic heterocycles. The molecule has 4 nitrogen and oxygen atoms in total. The van der Waals surface area contributed by atoms with E-state index in [4.69, 9.17) is 4.74 Å². The van der Waals surface area contributed by atoms with Crippen molar-refractivity contribution in [1.82, 2.24) is 0 Å². The van der Waals surface area contributed by atoms with Crippen LogP contribution in [0.4, 0.5) is 18.9 Å². The van der Waals surface area contributed by atoms with E-state index in [0.29, 0.717) is 11.8 Å². The van der Waals surface area contributed by atoms with Crippen molar-refractivity contribution in [2.75, 3.05) is 11.9 Å². The highest BCUT2D eigenvalue weighted by Gasteiger charge is 2.33. The lowest BCUT2D eigenvalue weighted by atomic mass is 10.1. The Balaban J connectivity index is 2.02. The quantitative estimate of drug-likeness (QED) is 0.856. The second kappa shape index (κ2) is 6.95. The topological polar surface area (TPSA) is 55.4 Å². The summed E-state index contributed by atoms with van der Waals surface area (Å²) < 4.78 is 43.6. The molecule has 0 heterocycles. The predicted octanol–water partition coefficient (Wildman–Crippen LogP) is 3.54. The van der Waals surface area contributed by atoms with Gasteiger partial charge in [-0.25, -0.2) is 0 Å². The highest BCUT2D eigenvalue weighted by molar-refractivity contribution is 5.92. The number of carbonyl (C=O) groups excluding carboxylic acids is 2. The van der Waals surface area contributed by atoms with Crippen LogP contribution in [0.15, 0.2) is 48.5 Å². The first kappa shape index (κ1) is 16.5. The molecule has 2 aromatic rings. The van der Waals surface area contributed by atoms with Crippen molar-refractivity contribution in [3.8, 4) is 5.75 Å². The number of ether oxygens (including phenoxy) is 1. The molecule has 0 aliphatic carbocycles. The maximum Gasteiger partial charge on any atom is 0.418 e. The summed E-state index contributed by atoms with van der Waals surface area (Å²) in [7, 11) is 0. The Morgan fingerprint density at radius 2 is 1.87 bits per heavy atom. The molecule has 23 heavy (non-hydrogen) atoms. The first-order valence-corrected chi connectivity index (χ1v) is 6.54. The van der Waals surface area contributed by atoms with Gasteiger partial charge in [-0.2, -0.15) is 13.2 Å². The molecule has 0 fully saturated rings. The zero-order valence-electron chi connectivity index (χ0n) is 11.8. The van der Waals surface area contributed by atoms with Gasteiger partial charge in [0.25, 0.3) is 5.91 Å². The van der Waals surface area contributed by atoms with E-state index in [1.807, 2.05) is 0 Å². The third-order valence-electron chi connectivity index (χ3n) is 2.87. The monoisotopic (exact) mass is 323 g/mol. The maximum absolute atomic E-state index is 12.8. The number of aldehydes is 1. The Hall–Kier alpha value is -2.83. The van der Waals surface area contributed by atoms with Gasteiger partial charge in [0.2, 0.25) is 0 Å². The lowest BCUT2D eigenvalue weighted by molar-refractivity contribution is -0.137. The van der Waals surface area contributed by atoms with Gasteiger partial charge in [0.15, 0.2) is 6.61 Å². The smallest absolute Gasteiger partial charge is 0.418 e. The Bertz CT molecular complexity index is 714. The highest BCUT2D eigenvalue weighted by Crippen LogP contribution is 2.34. The number of benzene rings is 2. The van der Waals surface area contributed by atoms with Gasteiger partial charge in [-0.05, 0) is 24.3 Å². The molecule has 0 saturated carbocycles. The number of nitrogens with one attached hydrogen (secondary N) is 1.